The van der Waals surface area contributed by atoms with Crippen molar-refractivity contribution in [1.29, 1.82) is 0 Å². The third-order valence-corrected chi connectivity index (χ3v) is 3.94. The number of anilines is 2. The lowest BCUT2D eigenvalue weighted by Crippen LogP contribution is -2.47. The summed E-state index contributed by atoms with van der Waals surface area (Å²) in [5.41, 5.74) is 0.323. The van der Waals surface area contributed by atoms with Gasteiger partial charge in [-0.25, -0.2) is 0 Å². The molecule has 5 heteroatoms. The van der Waals surface area contributed by atoms with Gasteiger partial charge in [0, 0.05) is 13.1 Å². The minimum atomic E-state index is -4.30. The Kier molecular flexibility index (Phi) is 2.31. The van der Waals surface area contributed by atoms with Crippen LogP contribution in [0.3, 0.4) is 0 Å². The van der Waals surface area contributed by atoms with Crippen LogP contribution < -0.4 is 10.2 Å². The number of hydrogen-bond acceptors (Lipinski definition) is 2. The van der Waals surface area contributed by atoms with E-state index in [9.17, 15) is 13.2 Å². The molecule has 1 heterocycles. The average Bonchev–Trinajstić information content (AvgIpc) is 3.08. The monoisotopic (exact) mass is 256 g/mol. The number of nitrogens with zero attached hydrogens (tertiary/aromatic N) is 1. The van der Waals surface area contributed by atoms with E-state index in [2.05, 4.69) is 5.32 Å². The molecule has 1 aliphatic heterocycles. The fourth-order valence-corrected chi connectivity index (χ4v) is 2.88. The first-order valence-corrected chi connectivity index (χ1v) is 6.20. The van der Waals surface area contributed by atoms with Gasteiger partial charge in [-0.1, -0.05) is 6.07 Å². The highest BCUT2D eigenvalue weighted by molar-refractivity contribution is 5.78. The van der Waals surface area contributed by atoms with E-state index >= 15 is 0 Å². The van der Waals surface area contributed by atoms with E-state index in [1.165, 1.54) is 12.1 Å². The van der Waals surface area contributed by atoms with E-state index in [1.54, 1.807) is 6.07 Å². The van der Waals surface area contributed by atoms with E-state index in [0.29, 0.717) is 17.9 Å². The number of hydrogen-bond donors (Lipinski definition) is 1. The van der Waals surface area contributed by atoms with E-state index < -0.39 is 11.7 Å². The first-order chi connectivity index (χ1) is 8.48. The number of alkyl halides is 3. The fourth-order valence-electron chi connectivity index (χ4n) is 2.88. The van der Waals surface area contributed by atoms with Crippen LogP contribution in [0.15, 0.2) is 18.2 Å². The molecule has 1 N–H and O–H groups in total. The van der Waals surface area contributed by atoms with Gasteiger partial charge in [-0.05, 0) is 31.9 Å². The number of fused-ring (bicyclic) bond motifs is 1. The van der Waals surface area contributed by atoms with Crippen LogP contribution in [0.1, 0.15) is 25.3 Å². The largest absolute Gasteiger partial charge is 0.418 e. The van der Waals surface area contributed by atoms with Gasteiger partial charge in [0.2, 0.25) is 0 Å². The van der Waals surface area contributed by atoms with Crippen molar-refractivity contribution >= 4 is 11.4 Å². The normalized spacial score (nSPS) is 20.6. The van der Waals surface area contributed by atoms with Crippen molar-refractivity contribution in [2.75, 3.05) is 23.3 Å². The molecule has 1 aromatic carbocycles. The molecular formula is C13H15F3N2. The van der Waals surface area contributed by atoms with Crippen LogP contribution in [0.5, 0.6) is 0 Å². The summed E-state index contributed by atoms with van der Waals surface area (Å²) in [6, 6.07) is 4.36. The Hall–Kier alpha value is -1.39. The second-order valence-electron chi connectivity index (χ2n) is 5.02. The van der Waals surface area contributed by atoms with Gasteiger partial charge in [-0.15, -0.1) is 0 Å². The molecule has 98 valence electrons. The van der Waals surface area contributed by atoms with E-state index in [1.807, 2.05) is 11.8 Å². The molecule has 0 saturated heterocycles. The average molecular weight is 256 g/mol. The Morgan fingerprint density at radius 2 is 2.06 bits per heavy atom. The minimum absolute atomic E-state index is 0.0803. The van der Waals surface area contributed by atoms with Gasteiger partial charge in [0.05, 0.1) is 22.5 Å². The van der Waals surface area contributed by atoms with Crippen molar-refractivity contribution in [3.63, 3.8) is 0 Å². The Balaban J connectivity index is 2.16. The lowest BCUT2D eigenvalue weighted by Gasteiger charge is -2.41. The highest BCUT2D eigenvalue weighted by Gasteiger charge is 2.52. The Morgan fingerprint density at radius 1 is 1.33 bits per heavy atom. The maximum atomic E-state index is 13.1. The molecule has 1 saturated carbocycles. The highest BCUT2D eigenvalue weighted by Crippen LogP contribution is 2.52. The number of rotatable bonds is 1. The second kappa shape index (κ2) is 3.56. The molecule has 3 rings (SSSR count). The molecule has 0 bridgehead atoms. The van der Waals surface area contributed by atoms with Crippen LogP contribution in [0.2, 0.25) is 0 Å². The van der Waals surface area contributed by atoms with Crippen LogP contribution in [0.4, 0.5) is 24.5 Å². The van der Waals surface area contributed by atoms with E-state index in [4.69, 9.17) is 0 Å². The summed E-state index contributed by atoms with van der Waals surface area (Å²) in [7, 11) is 0. The summed E-state index contributed by atoms with van der Waals surface area (Å²) in [6.45, 7) is 3.28. The predicted octanol–water partition coefficient (Wildman–Crippen LogP) is 3.49. The van der Waals surface area contributed by atoms with Gasteiger partial charge in [0.1, 0.15) is 0 Å². The van der Waals surface area contributed by atoms with Gasteiger partial charge in [0.25, 0.3) is 0 Å². The van der Waals surface area contributed by atoms with Crippen LogP contribution in [0, 0.1) is 0 Å². The SMILES string of the molecule is CCN1c2c(cccc2C(F)(F)F)NCC12CC2. The molecule has 1 aliphatic carbocycles. The van der Waals surface area contributed by atoms with Crippen molar-refractivity contribution < 1.29 is 13.2 Å². The molecule has 1 spiro atoms. The summed E-state index contributed by atoms with van der Waals surface area (Å²) in [5.74, 6) is 0. The number of likely N-dealkylation sites (N-methyl/N-ethyl adjacent to an activating group) is 1. The molecule has 1 fully saturated rings. The summed E-state index contributed by atoms with van der Waals surface area (Å²) >= 11 is 0. The number of halogens is 3. The molecule has 2 aliphatic rings. The van der Waals surface area contributed by atoms with Crippen molar-refractivity contribution in [3.05, 3.63) is 23.8 Å². The Labute approximate surface area is 104 Å². The highest BCUT2D eigenvalue weighted by atomic mass is 19.4. The predicted molar refractivity (Wildman–Crippen MR) is 64.9 cm³/mol. The van der Waals surface area contributed by atoms with Gasteiger partial charge in [-0.2, -0.15) is 13.2 Å². The lowest BCUT2D eigenvalue weighted by molar-refractivity contribution is -0.137. The Morgan fingerprint density at radius 3 is 2.61 bits per heavy atom. The standard InChI is InChI=1S/C13H15F3N2/c1-2-18-11-9(13(14,15)16)4-3-5-10(11)17-8-12(18)6-7-12/h3-5,17H,2,6-8H2,1H3. The smallest absolute Gasteiger partial charge is 0.381 e. The van der Waals surface area contributed by atoms with Gasteiger partial charge < -0.3 is 10.2 Å². The van der Waals surface area contributed by atoms with Crippen LogP contribution in [-0.4, -0.2) is 18.6 Å². The molecule has 1 aromatic rings. The van der Waals surface area contributed by atoms with Gasteiger partial charge >= 0.3 is 6.18 Å². The van der Waals surface area contributed by atoms with Crippen LogP contribution >= 0.6 is 0 Å². The number of benzene rings is 1. The van der Waals surface area contributed by atoms with Crippen molar-refractivity contribution in [2.45, 2.75) is 31.5 Å². The molecule has 0 aromatic heterocycles. The van der Waals surface area contributed by atoms with E-state index in [0.717, 1.165) is 19.4 Å². The molecule has 0 amide bonds. The third kappa shape index (κ3) is 1.56. The Bertz CT molecular complexity index is 478. The zero-order chi connectivity index (χ0) is 13.0. The van der Waals surface area contributed by atoms with Crippen LogP contribution in [0.25, 0.3) is 0 Å². The first kappa shape index (κ1) is 11.7. The van der Waals surface area contributed by atoms with E-state index in [-0.39, 0.29) is 5.54 Å². The number of nitrogens with one attached hydrogen (secondary N) is 1. The van der Waals surface area contributed by atoms with Gasteiger partial charge in [0.15, 0.2) is 0 Å². The molecule has 18 heavy (non-hydrogen) atoms. The minimum Gasteiger partial charge on any atom is -0.381 e. The fraction of sp³-hybridized carbons (Fsp3) is 0.538. The van der Waals surface area contributed by atoms with Crippen LogP contribution in [-0.2, 0) is 6.18 Å². The summed E-state index contributed by atoms with van der Waals surface area (Å²) < 4.78 is 39.3. The summed E-state index contributed by atoms with van der Waals surface area (Å²) in [4.78, 5) is 1.93. The number of para-hydroxylation sites is 1. The topological polar surface area (TPSA) is 15.3 Å². The molecule has 0 radical (unpaired) electrons. The third-order valence-electron chi connectivity index (χ3n) is 3.94. The molecule has 0 atom stereocenters. The van der Waals surface area contributed by atoms with Crippen molar-refractivity contribution in [3.8, 4) is 0 Å². The maximum absolute atomic E-state index is 13.1. The lowest BCUT2D eigenvalue weighted by atomic mass is 10.0. The molecule has 2 nitrogen and oxygen atoms in total. The summed E-state index contributed by atoms with van der Waals surface area (Å²) in [5, 5.41) is 3.15. The van der Waals surface area contributed by atoms with Crippen molar-refractivity contribution in [2.24, 2.45) is 0 Å². The summed E-state index contributed by atoms with van der Waals surface area (Å²) in [6.07, 6.45) is -2.35. The van der Waals surface area contributed by atoms with Crippen molar-refractivity contribution in [1.82, 2.24) is 0 Å². The molecule has 0 unspecified atom stereocenters. The maximum Gasteiger partial charge on any atom is 0.418 e. The first-order valence-electron chi connectivity index (χ1n) is 6.20. The quantitative estimate of drug-likeness (QED) is 0.827. The van der Waals surface area contributed by atoms with Gasteiger partial charge in [-0.3, -0.25) is 0 Å². The zero-order valence-corrected chi connectivity index (χ0v) is 10.1. The molecular weight excluding hydrogens is 241 g/mol. The second-order valence-corrected chi connectivity index (χ2v) is 5.02. The zero-order valence-electron chi connectivity index (χ0n) is 10.1.